The third kappa shape index (κ3) is 5.74. The van der Waals surface area contributed by atoms with Crippen LogP contribution in [0.1, 0.15) is 17.7 Å². The van der Waals surface area contributed by atoms with Crippen LogP contribution in [0.4, 0.5) is 11.8 Å². The second-order valence-corrected chi connectivity index (χ2v) is 7.67. The lowest BCUT2D eigenvalue weighted by Gasteiger charge is -2.36. The number of anilines is 2. The van der Waals surface area contributed by atoms with E-state index in [1.807, 2.05) is 36.4 Å². The standard InChI is InChI=1S/C23H28N10.HI/c1-26-22(31-13-15-32(16-14-31)23-28-11-6-12-29-23)27-10-5-9-20-19(17-24)21(25)33(30-20)18-7-3-2-4-8-18;/h2-4,6-8,11-12H,5,9-10,13-16,25H2,1H3,(H,26,27);1H. The molecule has 11 heteroatoms. The Kier molecular flexibility index (Phi) is 9.03. The van der Waals surface area contributed by atoms with Gasteiger partial charge in [-0.05, 0) is 31.0 Å². The molecule has 0 bridgehead atoms. The first-order valence-corrected chi connectivity index (χ1v) is 11.0. The van der Waals surface area contributed by atoms with Crippen molar-refractivity contribution in [3.05, 3.63) is 60.0 Å². The Morgan fingerprint density at radius 3 is 2.47 bits per heavy atom. The van der Waals surface area contributed by atoms with Crippen LogP contribution >= 0.6 is 24.0 Å². The number of aryl methyl sites for hydroxylation is 1. The zero-order valence-electron chi connectivity index (χ0n) is 19.1. The second kappa shape index (κ2) is 12.2. The van der Waals surface area contributed by atoms with Crippen LogP contribution in [-0.4, -0.2) is 70.4 Å². The van der Waals surface area contributed by atoms with Crippen molar-refractivity contribution in [2.45, 2.75) is 12.8 Å². The Labute approximate surface area is 216 Å². The number of nitriles is 1. The molecular formula is C23H29IN10. The molecule has 3 aromatic rings. The van der Waals surface area contributed by atoms with Gasteiger partial charge in [-0.3, -0.25) is 4.99 Å². The summed E-state index contributed by atoms with van der Waals surface area (Å²) in [6.07, 6.45) is 4.99. The monoisotopic (exact) mass is 572 g/mol. The maximum Gasteiger partial charge on any atom is 0.225 e. The van der Waals surface area contributed by atoms with Crippen LogP contribution in [-0.2, 0) is 6.42 Å². The van der Waals surface area contributed by atoms with E-state index in [0.29, 0.717) is 23.5 Å². The number of benzene rings is 1. The average Bonchev–Trinajstić information content (AvgIpc) is 3.20. The molecule has 10 nitrogen and oxygen atoms in total. The molecule has 1 fully saturated rings. The van der Waals surface area contributed by atoms with Gasteiger partial charge >= 0.3 is 0 Å². The van der Waals surface area contributed by atoms with Gasteiger partial charge in [0.05, 0.1) is 11.4 Å². The van der Waals surface area contributed by atoms with Crippen LogP contribution in [0.5, 0.6) is 0 Å². The van der Waals surface area contributed by atoms with Gasteiger partial charge in [0.25, 0.3) is 0 Å². The fourth-order valence-corrected chi connectivity index (χ4v) is 3.90. The summed E-state index contributed by atoms with van der Waals surface area (Å²) in [6, 6.07) is 13.6. The third-order valence-electron chi connectivity index (χ3n) is 5.61. The number of guanidine groups is 1. The van der Waals surface area contributed by atoms with E-state index in [2.05, 4.69) is 41.2 Å². The molecule has 1 aliphatic rings. The summed E-state index contributed by atoms with van der Waals surface area (Å²) in [7, 11) is 1.80. The molecule has 0 atom stereocenters. The molecule has 1 aliphatic heterocycles. The molecule has 4 rings (SSSR count). The molecule has 1 saturated heterocycles. The number of nitrogens with zero attached hydrogens (tertiary/aromatic N) is 8. The van der Waals surface area contributed by atoms with Crippen molar-refractivity contribution in [2.24, 2.45) is 4.99 Å². The van der Waals surface area contributed by atoms with Gasteiger partial charge in [-0.2, -0.15) is 10.4 Å². The van der Waals surface area contributed by atoms with Crippen LogP contribution in [0.3, 0.4) is 0 Å². The number of nitrogen functional groups attached to an aromatic ring is 1. The molecule has 1 aromatic carbocycles. The number of piperazine rings is 1. The second-order valence-electron chi connectivity index (χ2n) is 7.67. The van der Waals surface area contributed by atoms with Gasteiger partial charge in [-0.1, -0.05) is 18.2 Å². The fourth-order valence-electron chi connectivity index (χ4n) is 3.90. The van der Waals surface area contributed by atoms with E-state index >= 15 is 0 Å². The normalized spacial score (nSPS) is 13.8. The van der Waals surface area contributed by atoms with E-state index in [0.717, 1.165) is 56.7 Å². The van der Waals surface area contributed by atoms with Crippen LogP contribution < -0.4 is 16.0 Å². The van der Waals surface area contributed by atoms with Crippen molar-refractivity contribution in [1.29, 1.82) is 5.26 Å². The highest BCUT2D eigenvalue weighted by Crippen LogP contribution is 2.21. The molecule has 34 heavy (non-hydrogen) atoms. The summed E-state index contributed by atoms with van der Waals surface area (Å²) in [5, 5.41) is 17.6. The van der Waals surface area contributed by atoms with E-state index < -0.39 is 0 Å². The van der Waals surface area contributed by atoms with E-state index in [-0.39, 0.29) is 24.0 Å². The van der Waals surface area contributed by atoms with Gasteiger partial charge in [-0.25, -0.2) is 14.6 Å². The van der Waals surface area contributed by atoms with Crippen molar-refractivity contribution in [2.75, 3.05) is 50.4 Å². The van der Waals surface area contributed by atoms with E-state index in [9.17, 15) is 5.26 Å². The predicted molar refractivity (Wildman–Crippen MR) is 144 cm³/mol. The number of para-hydroxylation sites is 1. The Morgan fingerprint density at radius 1 is 1.12 bits per heavy atom. The number of nitrogens with one attached hydrogen (secondary N) is 1. The molecule has 3 N–H and O–H groups in total. The minimum atomic E-state index is 0. The highest BCUT2D eigenvalue weighted by atomic mass is 127. The van der Waals surface area contributed by atoms with Crippen LogP contribution in [0.15, 0.2) is 53.8 Å². The Balaban J connectivity index is 0.00000324. The SMILES string of the molecule is CN=C(NCCCc1nn(-c2ccccc2)c(N)c1C#N)N1CCN(c2ncccn2)CC1.I. The Hall–Kier alpha value is -3.40. The molecule has 0 spiro atoms. The fraction of sp³-hybridized carbons (Fsp3) is 0.348. The molecule has 0 amide bonds. The molecule has 0 saturated carbocycles. The largest absolute Gasteiger partial charge is 0.382 e. The maximum atomic E-state index is 9.58. The van der Waals surface area contributed by atoms with Crippen molar-refractivity contribution in [3.63, 3.8) is 0 Å². The minimum Gasteiger partial charge on any atom is -0.382 e. The van der Waals surface area contributed by atoms with Crippen molar-refractivity contribution in [3.8, 4) is 11.8 Å². The lowest BCUT2D eigenvalue weighted by molar-refractivity contribution is 0.370. The summed E-state index contributed by atoms with van der Waals surface area (Å²) >= 11 is 0. The molecular weight excluding hydrogens is 543 g/mol. The molecule has 2 aromatic heterocycles. The lowest BCUT2D eigenvalue weighted by atomic mass is 10.1. The summed E-state index contributed by atoms with van der Waals surface area (Å²) in [6.45, 7) is 4.08. The van der Waals surface area contributed by atoms with Crippen molar-refractivity contribution >= 4 is 41.7 Å². The first kappa shape index (κ1) is 25.2. The van der Waals surface area contributed by atoms with Crippen LogP contribution in [0.25, 0.3) is 5.69 Å². The van der Waals surface area contributed by atoms with E-state index in [1.165, 1.54) is 0 Å². The van der Waals surface area contributed by atoms with Gasteiger partial charge in [0.1, 0.15) is 17.5 Å². The third-order valence-corrected chi connectivity index (χ3v) is 5.61. The highest BCUT2D eigenvalue weighted by Gasteiger charge is 2.21. The lowest BCUT2D eigenvalue weighted by Crippen LogP contribution is -2.53. The zero-order valence-corrected chi connectivity index (χ0v) is 21.5. The number of halogens is 1. The molecule has 0 unspecified atom stereocenters. The smallest absolute Gasteiger partial charge is 0.225 e. The Morgan fingerprint density at radius 2 is 1.82 bits per heavy atom. The van der Waals surface area contributed by atoms with Gasteiger partial charge in [0.15, 0.2) is 5.96 Å². The molecule has 0 radical (unpaired) electrons. The number of aliphatic imine (C=N–C) groups is 1. The number of rotatable bonds is 6. The number of aromatic nitrogens is 4. The van der Waals surface area contributed by atoms with Crippen molar-refractivity contribution < 1.29 is 0 Å². The Bertz CT molecular complexity index is 1120. The summed E-state index contributed by atoms with van der Waals surface area (Å²) in [5.74, 6) is 2.02. The topological polar surface area (TPSA) is 124 Å². The van der Waals surface area contributed by atoms with Crippen LogP contribution in [0.2, 0.25) is 0 Å². The van der Waals surface area contributed by atoms with Crippen LogP contribution in [0, 0.1) is 11.3 Å². The van der Waals surface area contributed by atoms with E-state index in [4.69, 9.17) is 5.73 Å². The average molecular weight is 572 g/mol. The summed E-state index contributed by atoms with van der Waals surface area (Å²) < 4.78 is 1.64. The summed E-state index contributed by atoms with van der Waals surface area (Å²) in [5.41, 5.74) is 8.20. The first-order valence-electron chi connectivity index (χ1n) is 11.0. The number of hydrogen-bond donors (Lipinski definition) is 2. The number of hydrogen-bond acceptors (Lipinski definition) is 7. The maximum absolute atomic E-state index is 9.58. The highest BCUT2D eigenvalue weighted by molar-refractivity contribution is 14.0. The quantitative estimate of drug-likeness (QED) is 0.199. The first-order chi connectivity index (χ1) is 16.2. The van der Waals surface area contributed by atoms with Crippen molar-refractivity contribution in [1.82, 2.24) is 30.0 Å². The molecule has 178 valence electrons. The number of nitrogens with two attached hydrogens (primary N) is 1. The zero-order chi connectivity index (χ0) is 23.0. The van der Waals surface area contributed by atoms with E-state index in [1.54, 1.807) is 24.1 Å². The van der Waals surface area contributed by atoms with Gasteiger partial charge in [0.2, 0.25) is 5.95 Å². The van der Waals surface area contributed by atoms with Gasteiger partial charge < -0.3 is 20.9 Å². The summed E-state index contributed by atoms with van der Waals surface area (Å²) in [4.78, 5) is 17.5. The predicted octanol–water partition coefficient (Wildman–Crippen LogP) is 2.06. The van der Waals surface area contributed by atoms with Gasteiger partial charge in [0, 0.05) is 52.2 Å². The van der Waals surface area contributed by atoms with Gasteiger partial charge in [-0.15, -0.1) is 24.0 Å². The molecule has 3 heterocycles. The molecule has 0 aliphatic carbocycles. The minimum absolute atomic E-state index is 0.